The van der Waals surface area contributed by atoms with Crippen LogP contribution in [0.15, 0.2) is 23.1 Å². The highest BCUT2D eigenvalue weighted by Crippen LogP contribution is 2.28. The lowest BCUT2D eigenvalue weighted by molar-refractivity contribution is 0.129. The third kappa shape index (κ3) is 2.91. The van der Waals surface area contributed by atoms with E-state index in [9.17, 15) is 0 Å². The Morgan fingerprint density at radius 3 is 3.12 bits per heavy atom. The Bertz CT molecular complexity index is 410. The molecule has 0 spiro atoms. The first-order chi connectivity index (χ1) is 7.79. The van der Waals surface area contributed by atoms with E-state index >= 15 is 0 Å². The van der Waals surface area contributed by atoms with Crippen molar-refractivity contribution in [2.45, 2.75) is 23.8 Å². The average molecular weight is 254 g/mol. The first-order valence-corrected chi connectivity index (χ1v) is 6.60. The van der Waals surface area contributed by atoms with Crippen LogP contribution in [0, 0.1) is 11.3 Å². The van der Waals surface area contributed by atoms with Gasteiger partial charge in [0.1, 0.15) is 6.07 Å². The molecule has 1 aliphatic heterocycles. The number of hydrogen-bond donors (Lipinski definition) is 0. The van der Waals surface area contributed by atoms with Crippen molar-refractivity contribution in [3.8, 4) is 6.07 Å². The molecule has 0 aromatic heterocycles. The fourth-order valence-corrected chi connectivity index (χ4v) is 3.01. The van der Waals surface area contributed by atoms with Crippen molar-refractivity contribution >= 4 is 23.4 Å². The van der Waals surface area contributed by atoms with Gasteiger partial charge in [-0.2, -0.15) is 5.26 Å². The zero-order valence-corrected chi connectivity index (χ0v) is 10.4. The topological polar surface area (TPSA) is 33.0 Å². The summed E-state index contributed by atoms with van der Waals surface area (Å²) in [6.45, 7) is 0.867. The van der Waals surface area contributed by atoms with Crippen molar-refractivity contribution in [1.82, 2.24) is 0 Å². The number of benzene rings is 1. The van der Waals surface area contributed by atoms with Crippen LogP contribution >= 0.6 is 23.4 Å². The summed E-state index contributed by atoms with van der Waals surface area (Å²) >= 11 is 7.57. The molecule has 1 atom stereocenters. The van der Waals surface area contributed by atoms with Gasteiger partial charge in [-0.1, -0.05) is 11.6 Å². The summed E-state index contributed by atoms with van der Waals surface area (Å²) in [7, 11) is 0. The number of nitrogens with zero attached hydrogens (tertiary/aromatic N) is 1. The maximum atomic E-state index is 8.96. The van der Waals surface area contributed by atoms with Gasteiger partial charge in [0.05, 0.1) is 11.7 Å². The van der Waals surface area contributed by atoms with Gasteiger partial charge in [-0.3, -0.25) is 0 Å². The van der Waals surface area contributed by atoms with E-state index in [-0.39, 0.29) is 0 Å². The number of hydrogen-bond acceptors (Lipinski definition) is 3. The predicted molar refractivity (Wildman–Crippen MR) is 65.9 cm³/mol. The summed E-state index contributed by atoms with van der Waals surface area (Å²) in [5, 5.41) is 9.64. The molecule has 1 saturated heterocycles. The molecule has 4 heteroatoms. The molecule has 1 fully saturated rings. The van der Waals surface area contributed by atoms with Crippen LogP contribution in [0.5, 0.6) is 0 Å². The Morgan fingerprint density at radius 2 is 2.44 bits per heavy atom. The van der Waals surface area contributed by atoms with Crippen LogP contribution in [0.3, 0.4) is 0 Å². The Morgan fingerprint density at radius 1 is 1.56 bits per heavy atom. The van der Waals surface area contributed by atoms with Gasteiger partial charge < -0.3 is 4.74 Å². The number of rotatable bonds is 3. The highest BCUT2D eigenvalue weighted by atomic mass is 35.5. The normalized spacial score (nSPS) is 19.6. The maximum absolute atomic E-state index is 8.96. The summed E-state index contributed by atoms with van der Waals surface area (Å²) in [4.78, 5) is 0.950. The molecule has 0 bridgehead atoms. The SMILES string of the molecule is N#Cc1ccc(Cl)cc1SCC1CCCO1. The van der Waals surface area contributed by atoms with E-state index in [1.165, 1.54) is 0 Å². The van der Waals surface area contributed by atoms with Crippen molar-refractivity contribution < 1.29 is 4.74 Å². The van der Waals surface area contributed by atoms with E-state index in [0.717, 1.165) is 30.1 Å². The smallest absolute Gasteiger partial charge is 0.100 e. The fraction of sp³-hybridized carbons (Fsp3) is 0.417. The summed E-state index contributed by atoms with van der Waals surface area (Å²) in [5.41, 5.74) is 0.687. The summed E-state index contributed by atoms with van der Waals surface area (Å²) < 4.78 is 5.54. The molecule has 84 valence electrons. The first-order valence-electron chi connectivity index (χ1n) is 5.23. The maximum Gasteiger partial charge on any atom is 0.100 e. The van der Waals surface area contributed by atoms with Crippen molar-refractivity contribution in [2.24, 2.45) is 0 Å². The largest absolute Gasteiger partial charge is 0.377 e. The molecule has 1 unspecified atom stereocenters. The molecule has 1 aromatic rings. The van der Waals surface area contributed by atoms with Gasteiger partial charge >= 0.3 is 0 Å². The number of ether oxygens (including phenoxy) is 1. The predicted octanol–water partition coefficient (Wildman–Crippen LogP) is 3.48. The number of thioether (sulfide) groups is 1. The van der Waals surface area contributed by atoms with Gasteiger partial charge in [-0.05, 0) is 31.0 Å². The van der Waals surface area contributed by atoms with E-state index in [1.54, 1.807) is 23.9 Å². The van der Waals surface area contributed by atoms with E-state index in [4.69, 9.17) is 21.6 Å². The van der Waals surface area contributed by atoms with Gasteiger partial charge in [0.15, 0.2) is 0 Å². The van der Waals surface area contributed by atoms with E-state index in [0.29, 0.717) is 16.7 Å². The van der Waals surface area contributed by atoms with Gasteiger partial charge in [-0.25, -0.2) is 0 Å². The quantitative estimate of drug-likeness (QED) is 0.774. The molecule has 1 aliphatic rings. The Hall–Kier alpha value is -0.690. The molecule has 0 amide bonds. The minimum atomic E-state index is 0.329. The van der Waals surface area contributed by atoms with Gasteiger partial charge in [0, 0.05) is 22.3 Å². The van der Waals surface area contributed by atoms with Gasteiger partial charge in [0.2, 0.25) is 0 Å². The number of halogens is 1. The minimum Gasteiger partial charge on any atom is -0.377 e. The third-order valence-electron chi connectivity index (χ3n) is 2.51. The monoisotopic (exact) mass is 253 g/mol. The molecule has 0 aliphatic carbocycles. The van der Waals surface area contributed by atoms with Crippen molar-refractivity contribution in [3.05, 3.63) is 28.8 Å². The lowest BCUT2D eigenvalue weighted by Crippen LogP contribution is -2.07. The summed E-state index contributed by atoms with van der Waals surface area (Å²) in [5.74, 6) is 0.898. The van der Waals surface area contributed by atoms with Crippen molar-refractivity contribution in [3.63, 3.8) is 0 Å². The Balaban J connectivity index is 2.02. The fourth-order valence-electron chi connectivity index (χ4n) is 1.67. The molecule has 0 N–H and O–H groups in total. The van der Waals surface area contributed by atoms with Crippen LogP contribution in [0.25, 0.3) is 0 Å². The molecule has 16 heavy (non-hydrogen) atoms. The lowest BCUT2D eigenvalue weighted by atomic mass is 10.2. The van der Waals surface area contributed by atoms with Crippen LogP contribution < -0.4 is 0 Å². The average Bonchev–Trinajstić information content (AvgIpc) is 2.79. The zero-order chi connectivity index (χ0) is 11.4. The van der Waals surface area contributed by atoms with Crippen LogP contribution in [0.1, 0.15) is 18.4 Å². The van der Waals surface area contributed by atoms with Crippen LogP contribution in [-0.4, -0.2) is 18.5 Å². The van der Waals surface area contributed by atoms with E-state index < -0.39 is 0 Å². The summed E-state index contributed by atoms with van der Waals surface area (Å²) in [6, 6.07) is 7.54. The van der Waals surface area contributed by atoms with Crippen molar-refractivity contribution in [1.29, 1.82) is 5.26 Å². The van der Waals surface area contributed by atoms with Gasteiger partial charge in [0.25, 0.3) is 0 Å². The summed E-state index contributed by atoms with van der Waals surface area (Å²) in [6.07, 6.45) is 2.59. The van der Waals surface area contributed by atoms with E-state index in [1.807, 2.05) is 6.07 Å². The second kappa shape index (κ2) is 5.58. The first kappa shape index (κ1) is 11.8. The van der Waals surface area contributed by atoms with Crippen LogP contribution in [0.2, 0.25) is 5.02 Å². The Labute approximate surface area is 105 Å². The molecule has 2 rings (SSSR count). The molecule has 1 heterocycles. The highest BCUT2D eigenvalue weighted by molar-refractivity contribution is 7.99. The number of nitriles is 1. The second-order valence-corrected chi connectivity index (χ2v) is 5.20. The molecule has 0 saturated carbocycles. The molecule has 2 nitrogen and oxygen atoms in total. The van der Waals surface area contributed by atoms with Crippen molar-refractivity contribution in [2.75, 3.05) is 12.4 Å². The second-order valence-electron chi connectivity index (χ2n) is 3.70. The highest BCUT2D eigenvalue weighted by Gasteiger charge is 2.16. The van der Waals surface area contributed by atoms with Crippen LogP contribution in [0.4, 0.5) is 0 Å². The lowest BCUT2D eigenvalue weighted by Gasteiger charge is -2.09. The molecular weight excluding hydrogens is 242 g/mol. The molecular formula is C12H12ClNOS. The van der Waals surface area contributed by atoms with E-state index in [2.05, 4.69) is 6.07 Å². The third-order valence-corrected chi connectivity index (χ3v) is 3.94. The molecule has 0 radical (unpaired) electrons. The van der Waals surface area contributed by atoms with Crippen LogP contribution in [-0.2, 0) is 4.74 Å². The minimum absolute atomic E-state index is 0.329. The standard InChI is InChI=1S/C12H12ClNOS/c13-10-4-3-9(7-14)12(6-10)16-8-11-2-1-5-15-11/h3-4,6,11H,1-2,5,8H2. The van der Waals surface area contributed by atoms with Gasteiger partial charge in [-0.15, -0.1) is 11.8 Å². The zero-order valence-electron chi connectivity index (χ0n) is 8.78. The molecule has 1 aromatic carbocycles. The Kier molecular flexibility index (Phi) is 4.11.